The predicted molar refractivity (Wildman–Crippen MR) is 82.7 cm³/mol. The van der Waals surface area contributed by atoms with Crippen molar-refractivity contribution in [3.05, 3.63) is 52.2 Å². The highest BCUT2D eigenvalue weighted by Gasteiger charge is 2.14. The van der Waals surface area contributed by atoms with Gasteiger partial charge in [0.25, 0.3) is 0 Å². The summed E-state index contributed by atoms with van der Waals surface area (Å²) in [5.41, 5.74) is 11.6. The molecule has 0 radical (unpaired) electrons. The maximum Gasteiger partial charge on any atom is 0.156 e. The van der Waals surface area contributed by atoms with E-state index in [1.165, 1.54) is 11.1 Å². The molecule has 1 aromatic heterocycles. The quantitative estimate of drug-likeness (QED) is 0.927. The van der Waals surface area contributed by atoms with Gasteiger partial charge in [0.05, 0.1) is 5.69 Å². The minimum absolute atomic E-state index is 0.482. The van der Waals surface area contributed by atoms with Crippen molar-refractivity contribution in [3.8, 4) is 0 Å². The second kappa shape index (κ2) is 6.01. The van der Waals surface area contributed by atoms with Crippen LogP contribution in [0.4, 0.5) is 5.82 Å². The van der Waals surface area contributed by atoms with Gasteiger partial charge in [-0.2, -0.15) is 5.10 Å². The first-order valence-corrected chi connectivity index (χ1v) is 6.83. The van der Waals surface area contributed by atoms with E-state index >= 15 is 0 Å². The van der Waals surface area contributed by atoms with Gasteiger partial charge >= 0.3 is 0 Å². The van der Waals surface area contributed by atoms with Crippen LogP contribution < -0.4 is 10.6 Å². The van der Waals surface area contributed by atoms with Crippen molar-refractivity contribution in [2.24, 2.45) is 5.73 Å². The summed E-state index contributed by atoms with van der Waals surface area (Å²) >= 11 is 0. The Balaban J connectivity index is 2.32. The Labute approximate surface area is 120 Å². The van der Waals surface area contributed by atoms with E-state index in [1.807, 2.05) is 14.0 Å². The van der Waals surface area contributed by atoms with Crippen molar-refractivity contribution < 1.29 is 0 Å². The van der Waals surface area contributed by atoms with Gasteiger partial charge in [-0.15, -0.1) is 5.10 Å². The standard InChI is InChI=1S/C16H22N4/c1-11-7-5-6-8-14(11)10-20(4)16-15(9-17)12(2)13(3)18-19-16/h5-8H,9-10,17H2,1-4H3. The fourth-order valence-electron chi connectivity index (χ4n) is 2.31. The molecule has 4 heteroatoms. The van der Waals surface area contributed by atoms with Gasteiger partial charge in [0, 0.05) is 25.7 Å². The summed E-state index contributed by atoms with van der Waals surface area (Å²) in [6.45, 7) is 7.43. The highest BCUT2D eigenvalue weighted by atomic mass is 15.2. The number of rotatable bonds is 4. The number of nitrogens with two attached hydrogens (primary N) is 1. The Morgan fingerprint density at radius 1 is 1.10 bits per heavy atom. The number of hydrogen-bond donors (Lipinski definition) is 1. The normalized spacial score (nSPS) is 10.7. The molecule has 2 aromatic rings. The molecule has 0 fully saturated rings. The molecular formula is C16H22N4. The molecule has 2 N–H and O–H groups in total. The Morgan fingerprint density at radius 3 is 2.45 bits per heavy atom. The zero-order chi connectivity index (χ0) is 14.7. The van der Waals surface area contributed by atoms with E-state index in [2.05, 4.69) is 53.2 Å². The molecule has 20 heavy (non-hydrogen) atoms. The van der Waals surface area contributed by atoms with Crippen molar-refractivity contribution in [1.29, 1.82) is 0 Å². The number of aromatic nitrogens is 2. The Kier molecular flexibility index (Phi) is 4.35. The first kappa shape index (κ1) is 14.5. The molecule has 106 valence electrons. The summed E-state index contributed by atoms with van der Waals surface area (Å²) in [5.74, 6) is 0.874. The fraction of sp³-hybridized carbons (Fsp3) is 0.375. The minimum atomic E-state index is 0.482. The summed E-state index contributed by atoms with van der Waals surface area (Å²) in [7, 11) is 2.03. The molecule has 0 unspecified atom stereocenters. The van der Waals surface area contributed by atoms with Crippen LogP contribution in [0.2, 0.25) is 0 Å². The highest BCUT2D eigenvalue weighted by molar-refractivity contribution is 5.50. The van der Waals surface area contributed by atoms with Crippen LogP contribution in [0.3, 0.4) is 0 Å². The summed E-state index contributed by atoms with van der Waals surface area (Å²) in [5, 5.41) is 8.56. The van der Waals surface area contributed by atoms with Gasteiger partial charge in [-0.3, -0.25) is 0 Å². The van der Waals surface area contributed by atoms with Gasteiger partial charge < -0.3 is 10.6 Å². The number of anilines is 1. The van der Waals surface area contributed by atoms with E-state index < -0.39 is 0 Å². The van der Waals surface area contributed by atoms with Crippen LogP contribution in [0, 0.1) is 20.8 Å². The second-order valence-electron chi connectivity index (χ2n) is 5.20. The molecule has 1 aromatic carbocycles. The van der Waals surface area contributed by atoms with E-state index in [9.17, 15) is 0 Å². The van der Waals surface area contributed by atoms with Crippen LogP contribution >= 0.6 is 0 Å². The van der Waals surface area contributed by atoms with E-state index in [-0.39, 0.29) is 0 Å². The summed E-state index contributed by atoms with van der Waals surface area (Å²) in [6, 6.07) is 8.38. The van der Waals surface area contributed by atoms with E-state index in [0.717, 1.165) is 29.2 Å². The van der Waals surface area contributed by atoms with Gasteiger partial charge in [0.1, 0.15) is 0 Å². The van der Waals surface area contributed by atoms with Crippen molar-refractivity contribution >= 4 is 5.82 Å². The molecule has 1 heterocycles. The molecule has 2 rings (SSSR count). The highest BCUT2D eigenvalue weighted by Crippen LogP contribution is 2.22. The summed E-state index contributed by atoms with van der Waals surface area (Å²) in [4.78, 5) is 2.12. The van der Waals surface area contributed by atoms with Crippen LogP contribution in [0.25, 0.3) is 0 Å². The lowest BCUT2D eigenvalue weighted by Gasteiger charge is -2.22. The topological polar surface area (TPSA) is 55.0 Å². The Hall–Kier alpha value is -1.94. The molecule has 0 atom stereocenters. The summed E-state index contributed by atoms with van der Waals surface area (Å²) in [6.07, 6.45) is 0. The Morgan fingerprint density at radius 2 is 1.80 bits per heavy atom. The number of aryl methyl sites for hydroxylation is 2. The number of hydrogen-bond acceptors (Lipinski definition) is 4. The average Bonchev–Trinajstić information content (AvgIpc) is 2.44. The summed E-state index contributed by atoms with van der Waals surface area (Å²) < 4.78 is 0. The van der Waals surface area contributed by atoms with Crippen LogP contribution in [0.1, 0.15) is 27.9 Å². The zero-order valence-corrected chi connectivity index (χ0v) is 12.6. The molecule has 0 saturated heterocycles. The third-order valence-electron chi connectivity index (χ3n) is 3.79. The number of nitrogens with zero attached hydrogens (tertiary/aromatic N) is 3. The number of benzene rings is 1. The molecule has 0 bridgehead atoms. The Bertz CT molecular complexity index is 607. The van der Waals surface area contributed by atoms with Crippen LogP contribution in [-0.4, -0.2) is 17.2 Å². The lowest BCUT2D eigenvalue weighted by Crippen LogP contribution is -2.22. The molecule has 0 amide bonds. The van der Waals surface area contributed by atoms with E-state index in [0.29, 0.717) is 6.54 Å². The molecular weight excluding hydrogens is 248 g/mol. The lowest BCUT2D eigenvalue weighted by atomic mass is 10.1. The molecule has 0 aliphatic heterocycles. The fourth-order valence-corrected chi connectivity index (χ4v) is 2.31. The monoisotopic (exact) mass is 270 g/mol. The van der Waals surface area contributed by atoms with E-state index in [1.54, 1.807) is 0 Å². The third-order valence-corrected chi connectivity index (χ3v) is 3.79. The van der Waals surface area contributed by atoms with E-state index in [4.69, 9.17) is 5.73 Å². The zero-order valence-electron chi connectivity index (χ0n) is 12.6. The second-order valence-corrected chi connectivity index (χ2v) is 5.20. The van der Waals surface area contributed by atoms with Crippen LogP contribution in [0.5, 0.6) is 0 Å². The SMILES string of the molecule is Cc1ccccc1CN(C)c1nnc(C)c(C)c1CN. The maximum absolute atomic E-state index is 5.89. The molecule has 4 nitrogen and oxygen atoms in total. The molecule has 0 aliphatic rings. The van der Waals surface area contributed by atoms with Crippen LogP contribution in [0.15, 0.2) is 24.3 Å². The van der Waals surface area contributed by atoms with Gasteiger partial charge in [-0.1, -0.05) is 24.3 Å². The lowest BCUT2D eigenvalue weighted by molar-refractivity contribution is 0.820. The van der Waals surface area contributed by atoms with Crippen molar-refractivity contribution in [2.75, 3.05) is 11.9 Å². The van der Waals surface area contributed by atoms with Gasteiger partial charge in [-0.25, -0.2) is 0 Å². The predicted octanol–water partition coefficient (Wildman–Crippen LogP) is 2.50. The van der Waals surface area contributed by atoms with Crippen molar-refractivity contribution in [3.63, 3.8) is 0 Å². The van der Waals surface area contributed by atoms with Gasteiger partial charge in [0.15, 0.2) is 5.82 Å². The largest absolute Gasteiger partial charge is 0.354 e. The van der Waals surface area contributed by atoms with Crippen molar-refractivity contribution in [1.82, 2.24) is 10.2 Å². The molecule has 0 saturated carbocycles. The third kappa shape index (κ3) is 2.80. The van der Waals surface area contributed by atoms with Gasteiger partial charge in [-0.05, 0) is 37.5 Å². The van der Waals surface area contributed by atoms with Gasteiger partial charge in [0.2, 0.25) is 0 Å². The molecule has 0 spiro atoms. The molecule has 0 aliphatic carbocycles. The first-order chi connectivity index (χ1) is 9.54. The first-order valence-electron chi connectivity index (χ1n) is 6.83. The maximum atomic E-state index is 5.89. The van der Waals surface area contributed by atoms with Crippen molar-refractivity contribution in [2.45, 2.75) is 33.9 Å². The minimum Gasteiger partial charge on any atom is -0.354 e. The smallest absolute Gasteiger partial charge is 0.156 e. The average molecular weight is 270 g/mol. The van der Waals surface area contributed by atoms with Crippen LogP contribution in [-0.2, 0) is 13.1 Å².